The van der Waals surface area contributed by atoms with Gasteiger partial charge in [0.2, 0.25) is 0 Å². The number of allylic oxidation sites excluding steroid dienone is 10. The minimum atomic E-state index is -5.37. The minimum absolute atomic E-state index is 0.0239. The highest BCUT2D eigenvalue weighted by atomic mass is 31.2. The highest BCUT2D eigenvalue weighted by molar-refractivity contribution is 7.47. The van der Waals surface area contributed by atoms with E-state index in [0.717, 1.165) is 109 Å². The Hall–Kier alpha value is -2.30. The number of phosphoric ester groups is 2. The van der Waals surface area contributed by atoms with Crippen molar-refractivity contribution in [1.29, 1.82) is 0 Å². The zero-order valence-electron chi connectivity index (χ0n) is 38.9. The molecule has 0 saturated heterocycles. The predicted molar refractivity (Wildman–Crippen MR) is 250 cm³/mol. The highest BCUT2D eigenvalue weighted by Crippen LogP contribution is 2.49. The molecule has 376 valence electrons. The van der Waals surface area contributed by atoms with Gasteiger partial charge in [0.05, 0.1) is 6.61 Å². The van der Waals surface area contributed by atoms with Crippen LogP contribution in [0, 0.1) is 0 Å². The Morgan fingerprint density at radius 3 is 1.42 bits per heavy atom. The summed E-state index contributed by atoms with van der Waals surface area (Å²) < 4.78 is 49.3. The molecule has 0 aromatic heterocycles. The smallest absolute Gasteiger partial charge is 0.462 e. The van der Waals surface area contributed by atoms with Crippen LogP contribution in [0.1, 0.15) is 168 Å². The molecule has 1 rings (SSSR count). The lowest BCUT2D eigenvalue weighted by molar-refractivity contribution is -0.216. The molecule has 0 heterocycles. The van der Waals surface area contributed by atoms with Gasteiger partial charge in [-0.05, 0) is 77.0 Å². The number of carbonyl (C=O) groups is 2. The van der Waals surface area contributed by atoms with Crippen molar-refractivity contribution in [2.75, 3.05) is 13.2 Å². The quantitative estimate of drug-likeness (QED) is 0.0131. The van der Waals surface area contributed by atoms with Gasteiger partial charge in [-0.1, -0.05) is 139 Å². The molecule has 1 aliphatic carbocycles. The second kappa shape index (κ2) is 37.7. The Morgan fingerprint density at radius 2 is 0.923 bits per heavy atom. The number of aliphatic hydroxyl groups excluding tert-OH is 4. The van der Waals surface area contributed by atoms with E-state index >= 15 is 0 Å². The zero-order valence-corrected chi connectivity index (χ0v) is 40.7. The molecule has 8 atom stereocenters. The number of carbonyl (C=O) groups excluding carboxylic acids is 2. The summed E-state index contributed by atoms with van der Waals surface area (Å²) in [5, 5.41) is 41.2. The molecular weight excluding hydrogens is 882 g/mol. The molecule has 1 saturated carbocycles. The van der Waals surface area contributed by atoms with Gasteiger partial charge in [-0.2, -0.15) is 0 Å². The number of unbranched alkanes of at least 4 members (excludes halogenated alkanes) is 15. The van der Waals surface area contributed by atoms with Crippen LogP contribution in [0.4, 0.5) is 0 Å². The van der Waals surface area contributed by atoms with Gasteiger partial charge in [0.15, 0.2) is 6.10 Å². The lowest BCUT2D eigenvalue weighted by Gasteiger charge is -2.43. The van der Waals surface area contributed by atoms with E-state index < -0.39 is 83.5 Å². The third kappa shape index (κ3) is 32.2. The maximum Gasteiger partial charge on any atom is 0.472 e. The first-order valence-corrected chi connectivity index (χ1v) is 26.9. The van der Waals surface area contributed by atoms with E-state index in [9.17, 15) is 53.8 Å². The molecule has 8 unspecified atom stereocenters. The molecule has 7 N–H and O–H groups in total. The van der Waals surface area contributed by atoms with Crippen LogP contribution in [0.15, 0.2) is 60.8 Å². The number of ether oxygens (including phenoxy) is 2. The fraction of sp³-hybridized carbons (Fsp3) is 0.745. The summed E-state index contributed by atoms with van der Waals surface area (Å²) in [6.45, 7) is 2.99. The molecule has 0 aromatic carbocycles. The standard InChI is InChI=1S/C47H82O16P2/c1-3-5-7-9-11-13-15-17-18-19-20-21-22-24-26-28-30-32-34-36-41(49)61-39(37-59-40(48)35-33-31-29-27-25-23-16-14-12-10-8-6-4-2)38-60-65(57,58)63-47-44(52)42(50)43(51)46(45(47)53)62-64(54,55)56/h8,10-11,13-14,16-18,20-21,39,42-47,50-53H,3-7,9,12,15,19,22-38H2,1-2H3,(H,57,58)(H2,54,55,56). The first kappa shape index (κ1) is 60.7. The van der Waals surface area contributed by atoms with Crippen LogP contribution >= 0.6 is 15.6 Å². The van der Waals surface area contributed by atoms with Crippen molar-refractivity contribution in [3.05, 3.63) is 60.8 Å². The fourth-order valence-corrected chi connectivity index (χ4v) is 8.37. The van der Waals surface area contributed by atoms with Gasteiger partial charge in [0.25, 0.3) is 0 Å². The number of esters is 2. The SMILES string of the molecule is CCCC=CCC=CCCCCCCCC(=O)OCC(COP(=O)(O)OC1C(O)C(O)C(O)C(OP(=O)(O)O)C1O)OC(=O)CCCCCCCCC=CCC=CCC=CCCCCC. The summed E-state index contributed by atoms with van der Waals surface area (Å²) in [7, 11) is -10.7. The van der Waals surface area contributed by atoms with Crippen LogP contribution in [-0.4, -0.2) is 103 Å². The number of hydrogen-bond donors (Lipinski definition) is 7. The van der Waals surface area contributed by atoms with E-state index in [1.165, 1.54) is 19.3 Å². The van der Waals surface area contributed by atoms with Crippen molar-refractivity contribution in [3.63, 3.8) is 0 Å². The lowest BCUT2D eigenvalue weighted by Crippen LogP contribution is -2.64. The van der Waals surface area contributed by atoms with Gasteiger partial charge in [-0.25, -0.2) is 9.13 Å². The minimum Gasteiger partial charge on any atom is -0.462 e. The predicted octanol–water partition coefficient (Wildman–Crippen LogP) is 9.06. The molecule has 16 nitrogen and oxygen atoms in total. The third-order valence-electron chi connectivity index (χ3n) is 10.5. The van der Waals surface area contributed by atoms with Gasteiger partial charge in [0, 0.05) is 12.8 Å². The molecule has 0 aliphatic heterocycles. The van der Waals surface area contributed by atoms with Crippen molar-refractivity contribution in [2.24, 2.45) is 0 Å². The molecule has 0 bridgehead atoms. The van der Waals surface area contributed by atoms with Crippen LogP contribution in [0.3, 0.4) is 0 Å². The van der Waals surface area contributed by atoms with Crippen molar-refractivity contribution in [3.8, 4) is 0 Å². The van der Waals surface area contributed by atoms with Gasteiger partial charge >= 0.3 is 27.6 Å². The van der Waals surface area contributed by atoms with E-state index in [2.05, 4.69) is 79.1 Å². The Balaban J connectivity index is 2.60. The third-order valence-corrected chi connectivity index (χ3v) is 12.0. The van der Waals surface area contributed by atoms with Gasteiger partial charge in [-0.3, -0.25) is 23.2 Å². The number of rotatable bonds is 39. The molecule has 0 radical (unpaired) electrons. The van der Waals surface area contributed by atoms with Crippen LogP contribution in [0.2, 0.25) is 0 Å². The van der Waals surface area contributed by atoms with Gasteiger partial charge in [-0.15, -0.1) is 0 Å². The maximum atomic E-state index is 13.0. The molecular formula is C47H82O16P2. The topological polar surface area (TPSA) is 256 Å². The van der Waals surface area contributed by atoms with Crippen molar-refractivity contribution in [1.82, 2.24) is 0 Å². The number of hydrogen-bond acceptors (Lipinski definition) is 13. The number of phosphoric acid groups is 2. The van der Waals surface area contributed by atoms with Crippen molar-refractivity contribution < 1.29 is 76.9 Å². The monoisotopic (exact) mass is 965 g/mol. The summed E-state index contributed by atoms with van der Waals surface area (Å²) >= 11 is 0. The first-order chi connectivity index (χ1) is 31.1. The molecule has 18 heteroatoms. The molecule has 1 aliphatic rings. The van der Waals surface area contributed by atoms with Gasteiger partial charge in [0.1, 0.15) is 43.2 Å². The summed E-state index contributed by atoms with van der Waals surface area (Å²) in [5.41, 5.74) is 0. The van der Waals surface area contributed by atoms with Crippen molar-refractivity contribution >= 4 is 27.6 Å². The molecule has 0 aromatic rings. The van der Waals surface area contributed by atoms with E-state index in [0.29, 0.717) is 12.8 Å². The number of aliphatic hydroxyl groups is 4. The Labute approximate surface area is 388 Å². The lowest BCUT2D eigenvalue weighted by atomic mass is 9.85. The first-order valence-electron chi connectivity index (χ1n) is 23.8. The zero-order chi connectivity index (χ0) is 48.2. The Kier molecular flexibility index (Phi) is 35.2. The van der Waals surface area contributed by atoms with Crippen LogP contribution < -0.4 is 0 Å². The van der Waals surface area contributed by atoms with E-state index in [-0.39, 0.29) is 12.8 Å². The molecule has 0 spiro atoms. The van der Waals surface area contributed by atoms with Gasteiger partial charge < -0.3 is 44.6 Å². The van der Waals surface area contributed by atoms with E-state index in [4.69, 9.17) is 18.5 Å². The van der Waals surface area contributed by atoms with E-state index in [1.807, 2.05) is 0 Å². The molecule has 65 heavy (non-hydrogen) atoms. The molecule has 0 amide bonds. The Bertz CT molecular complexity index is 1490. The summed E-state index contributed by atoms with van der Waals surface area (Å²) in [6, 6.07) is 0. The fourth-order valence-electron chi connectivity index (χ4n) is 6.83. The average Bonchev–Trinajstić information content (AvgIpc) is 3.26. The summed E-state index contributed by atoms with van der Waals surface area (Å²) in [6.07, 6.45) is 28.9. The van der Waals surface area contributed by atoms with E-state index in [1.54, 1.807) is 0 Å². The van der Waals surface area contributed by atoms with Crippen LogP contribution in [0.5, 0.6) is 0 Å². The summed E-state index contributed by atoms with van der Waals surface area (Å²) in [5.74, 6) is -1.24. The van der Waals surface area contributed by atoms with Crippen LogP contribution in [0.25, 0.3) is 0 Å². The van der Waals surface area contributed by atoms with Crippen molar-refractivity contribution in [2.45, 2.75) is 211 Å². The Morgan fingerprint density at radius 1 is 0.492 bits per heavy atom. The maximum absolute atomic E-state index is 13.0. The second-order valence-electron chi connectivity index (χ2n) is 16.5. The average molecular weight is 965 g/mol. The largest absolute Gasteiger partial charge is 0.472 e. The summed E-state index contributed by atoms with van der Waals surface area (Å²) in [4.78, 5) is 54.3. The second-order valence-corrected chi connectivity index (χ2v) is 19.1. The highest BCUT2D eigenvalue weighted by Gasteiger charge is 2.54. The normalized spacial score (nSPS) is 22.2. The molecule has 1 fully saturated rings. The van der Waals surface area contributed by atoms with Crippen LogP contribution in [-0.2, 0) is 41.8 Å².